The second-order valence-electron chi connectivity index (χ2n) is 5.98. The van der Waals surface area contributed by atoms with Crippen LogP contribution in [0.3, 0.4) is 0 Å². The molecule has 0 radical (unpaired) electrons. The number of hydrogen-bond donors (Lipinski definition) is 0. The third-order valence-corrected chi connectivity index (χ3v) is 2.81. The molecule has 0 N–H and O–H groups in total. The lowest BCUT2D eigenvalue weighted by molar-refractivity contribution is -0.153. The molecule has 0 saturated heterocycles. The van der Waals surface area contributed by atoms with Crippen LogP contribution in [-0.4, -0.2) is 16.6 Å². The topological polar surface area (TPSA) is 39.2 Å². The largest absolute Gasteiger partial charge is 0.460 e. The van der Waals surface area contributed by atoms with Gasteiger partial charge in [0.05, 0.1) is 11.9 Å². The van der Waals surface area contributed by atoms with Crippen molar-refractivity contribution in [3.63, 3.8) is 0 Å². The highest BCUT2D eigenvalue weighted by Crippen LogP contribution is 2.29. The van der Waals surface area contributed by atoms with E-state index in [9.17, 15) is 18.0 Å². The fourth-order valence-corrected chi connectivity index (χ4v) is 1.99. The van der Waals surface area contributed by atoms with Gasteiger partial charge in [0.1, 0.15) is 11.3 Å². The average molecular weight is 311 g/mol. The van der Waals surface area contributed by atoms with E-state index in [2.05, 4.69) is 4.98 Å². The van der Waals surface area contributed by atoms with Gasteiger partial charge in [0, 0.05) is 5.39 Å². The molecule has 0 spiro atoms. The zero-order chi connectivity index (χ0) is 16.5. The first-order valence-electron chi connectivity index (χ1n) is 6.73. The van der Waals surface area contributed by atoms with Gasteiger partial charge in [-0.25, -0.2) is 4.98 Å². The molecule has 0 aliphatic heterocycles. The van der Waals surface area contributed by atoms with Gasteiger partial charge < -0.3 is 4.74 Å². The van der Waals surface area contributed by atoms with Gasteiger partial charge in [0.2, 0.25) is 0 Å². The van der Waals surface area contributed by atoms with E-state index < -0.39 is 17.5 Å². The molecule has 0 aliphatic rings. The van der Waals surface area contributed by atoms with Crippen LogP contribution in [0.15, 0.2) is 30.3 Å². The van der Waals surface area contributed by atoms with Gasteiger partial charge in [-0.1, -0.05) is 12.1 Å². The van der Waals surface area contributed by atoms with E-state index >= 15 is 0 Å². The first kappa shape index (κ1) is 16.3. The standard InChI is InChI=1S/C16H16F3NO2/c1-15(2,3)22-14(21)9-10-4-6-12-11(8-10)5-7-13(20-12)16(17,18)19/h4-8H,9H2,1-3H3. The Bertz CT molecular complexity index is 703. The summed E-state index contributed by atoms with van der Waals surface area (Å²) < 4.78 is 43.0. The Morgan fingerprint density at radius 2 is 1.82 bits per heavy atom. The van der Waals surface area contributed by atoms with Crippen LogP contribution >= 0.6 is 0 Å². The summed E-state index contributed by atoms with van der Waals surface area (Å²) in [4.78, 5) is 15.3. The van der Waals surface area contributed by atoms with Crippen molar-refractivity contribution < 1.29 is 22.7 Å². The van der Waals surface area contributed by atoms with E-state index in [-0.39, 0.29) is 17.9 Å². The monoisotopic (exact) mass is 311 g/mol. The fourth-order valence-electron chi connectivity index (χ4n) is 1.99. The molecule has 0 amide bonds. The molecule has 0 atom stereocenters. The molecule has 2 aromatic rings. The Morgan fingerprint density at radius 1 is 1.14 bits per heavy atom. The van der Waals surface area contributed by atoms with Crippen molar-refractivity contribution in [1.29, 1.82) is 0 Å². The summed E-state index contributed by atoms with van der Waals surface area (Å²) >= 11 is 0. The molecule has 22 heavy (non-hydrogen) atoms. The second kappa shape index (κ2) is 5.59. The molecule has 3 nitrogen and oxygen atoms in total. The summed E-state index contributed by atoms with van der Waals surface area (Å²) in [6.07, 6.45) is -4.41. The maximum atomic E-state index is 12.6. The van der Waals surface area contributed by atoms with E-state index in [1.807, 2.05) is 0 Å². The first-order valence-corrected chi connectivity index (χ1v) is 6.73. The first-order chi connectivity index (χ1) is 10.0. The number of nitrogens with zero attached hydrogens (tertiary/aromatic N) is 1. The van der Waals surface area contributed by atoms with Crippen molar-refractivity contribution in [3.8, 4) is 0 Å². The maximum absolute atomic E-state index is 12.6. The van der Waals surface area contributed by atoms with E-state index in [0.29, 0.717) is 10.9 Å². The number of ether oxygens (including phenoxy) is 1. The molecular formula is C16H16F3NO2. The van der Waals surface area contributed by atoms with Gasteiger partial charge in [0.15, 0.2) is 0 Å². The number of alkyl halides is 3. The second-order valence-corrected chi connectivity index (χ2v) is 5.98. The Hall–Kier alpha value is -2.11. The molecule has 1 aromatic carbocycles. The van der Waals surface area contributed by atoms with Gasteiger partial charge in [-0.15, -0.1) is 0 Å². The Morgan fingerprint density at radius 3 is 2.41 bits per heavy atom. The fraction of sp³-hybridized carbons (Fsp3) is 0.375. The van der Waals surface area contributed by atoms with E-state index in [0.717, 1.165) is 6.07 Å². The van der Waals surface area contributed by atoms with Crippen LogP contribution in [-0.2, 0) is 22.1 Å². The molecule has 0 unspecified atom stereocenters. The van der Waals surface area contributed by atoms with Crippen LogP contribution < -0.4 is 0 Å². The van der Waals surface area contributed by atoms with E-state index in [4.69, 9.17) is 4.74 Å². The number of pyridine rings is 1. The maximum Gasteiger partial charge on any atom is 0.433 e. The number of esters is 1. The van der Waals surface area contributed by atoms with Crippen molar-refractivity contribution >= 4 is 16.9 Å². The molecule has 0 fully saturated rings. The van der Waals surface area contributed by atoms with Crippen molar-refractivity contribution in [2.75, 3.05) is 0 Å². The highest BCUT2D eigenvalue weighted by atomic mass is 19.4. The Balaban J connectivity index is 2.23. The highest BCUT2D eigenvalue weighted by Gasteiger charge is 2.32. The van der Waals surface area contributed by atoms with Gasteiger partial charge in [0.25, 0.3) is 0 Å². The number of carbonyl (C=O) groups excluding carboxylic acids is 1. The highest BCUT2D eigenvalue weighted by molar-refractivity contribution is 5.81. The number of hydrogen-bond acceptors (Lipinski definition) is 3. The smallest absolute Gasteiger partial charge is 0.433 e. The number of carbonyl (C=O) groups is 1. The molecule has 2 rings (SSSR count). The van der Waals surface area contributed by atoms with Gasteiger partial charge in [-0.2, -0.15) is 13.2 Å². The summed E-state index contributed by atoms with van der Waals surface area (Å²) in [5.74, 6) is -0.383. The minimum absolute atomic E-state index is 0.0637. The summed E-state index contributed by atoms with van der Waals surface area (Å²) in [5, 5.41) is 0.550. The van der Waals surface area contributed by atoms with Crippen molar-refractivity contribution in [2.24, 2.45) is 0 Å². The summed E-state index contributed by atoms with van der Waals surface area (Å²) in [7, 11) is 0. The molecular weight excluding hydrogens is 295 g/mol. The lowest BCUT2D eigenvalue weighted by atomic mass is 10.1. The minimum atomic E-state index is -4.47. The van der Waals surface area contributed by atoms with E-state index in [1.54, 1.807) is 32.9 Å². The summed E-state index contributed by atoms with van der Waals surface area (Å²) in [6.45, 7) is 5.32. The van der Waals surface area contributed by atoms with Crippen LogP contribution in [0.2, 0.25) is 0 Å². The van der Waals surface area contributed by atoms with Crippen LogP contribution in [0.5, 0.6) is 0 Å². The predicted octanol–water partition coefficient (Wildman–Crippen LogP) is 4.14. The third-order valence-electron chi connectivity index (χ3n) is 2.81. The quantitative estimate of drug-likeness (QED) is 0.783. The normalized spacial score (nSPS) is 12.5. The SMILES string of the molecule is CC(C)(C)OC(=O)Cc1ccc2nc(C(F)(F)F)ccc2c1. The zero-order valence-corrected chi connectivity index (χ0v) is 12.5. The molecule has 118 valence electrons. The van der Waals surface area contributed by atoms with Crippen LogP contribution in [0.25, 0.3) is 10.9 Å². The minimum Gasteiger partial charge on any atom is -0.460 e. The van der Waals surface area contributed by atoms with Crippen molar-refractivity contribution in [2.45, 2.75) is 39.0 Å². The third kappa shape index (κ3) is 4.19. The number of rotatable bonds is 2. The van der Waals surface area contributed by atoms with Gasteiger partial charge >= 0.3 is 12.1 Å². The summed E-state index contributed by atoms with van der Waals surface area (Å²) in [6, 6.07) is 6.99. The molecule has 0 bridgehead atoms. The van der Waals surface area contributed by atoms with Crippen LogP contribution in [0.4, 0.5) is 13.2 Å². The molecule has 1 heterocycles. The van der Waals surface area contributed by atoms with Gasteiger partial charge in [-0.05, 0) is 44.5 Å². The van der Waals surface area contributed by atoms with E-state index in [1.165, 1.54) is 12.1 Å². The lowest BCUT2D eigenvalue weighted by Gasteiger charge is -2.19. The molecule has 6 heteroatoms. The number of halogens is 3. The molecule has 0 aliphatic carbocycles. The van der Waals surface area contributed by atoms with Crippen molar-refractivity contribution in [3.05, 3.63) is 41.6 Å². The number of aromatic nitrogens is 1. The number of fused-ring (bicyclic) bond motifs is 1. The summed E-state index contributed by atoms with van der Waals surface area (Å²) in [5.41, 5.74) is -0.595. The van der Waals surface area contributed by atoms with Crippen molar-refractivity contribution in [1.82, 2.24) is 4.98 Å². The van der Waals surface area contributed by atoms with Crippen LogP contribution in [0.1, 0.15) is 32.0 Å². The average Bonchev–Trinajstić information content (AvgIpc) is 2.34. The Labute approximate surface area is 126 Å². The molecule has 0 saturated carbocycles. The number of benzene rings is 1. The lowest BCUT2D eigenvalue weighted by Crippen LogP contribution is -2.24. The Kier molecular flexibility index (Phi) is 4.13. The predicted molar refractivity (Wildman–Crippen MR) is 76.3 cm³/mol. The molecule has 1 aromatic heterocycles. The van der Waals surface area contributed by atoms with Crippen LogP contribution in [0, 0.1) is 0 Å². The van der Waals surface area contributed by atoms with Gasteiger partial charge in [-0.3, -0.25) is 4.79 Å². The zero-order valence-electron chi connectivity index (χ0n) is 12.5.